The van der Waals surface area contributed by atoms with E-state index in [2.05, 4.69) is 20.6 Å². The molecule has 6 rings (SSSR count). The van der Waals surface area contributed by atoms with Crippen LogP contribution in [0.25, 0.3) is 11.0 Å². The fourth-order valence-corrected chi connectivity index (χ4v) is 5.93. The van der Waals surface area contributed by atoms with Crippen LogP contribution in [0, 0.1) is 10.8 Å². The van der Waals surface area contributed by atoms with Crippen LogP contribution in [0.2, 0.25) is 0 Å². The number of amides is 1. The number of carbonyl (C=O) groups excluding carboxylic acids is 1. The number of carbonyl (C=O) groups is 3. The summed E-state index contributed by atoms with van der Waals surface area (Å²) >= 11 is 0. The summed E-state index contributed by atoms with van der Waals surface area (Å²) in [5, 5.41) is 25.3. The van der Waals surface area contributed by atoms with Crippen LogP contribution < -0.4 is 10.6 Å². The average molecular weight is 506 g/mol. The van der Waals surface area contributed by atoms with Crippen LogP contribution in [0.4, 0.5) is 5.69 Å². The molecule has 3 aliphatic rings. The number of fused-ring (bicyclic) bond motifs is 4. The van der Waals surface area contributed by atoms with E-state index in [4.69, 9.17) is 5.11 Å². The molecule has 0 radical (unpaired) electrons. The van der Waals surface area contributed by atoms with Gasteiger partial charge in [-0.05, 0) is 68.6 Å². The van der Waals surface area contributed by atoms with Gasteiger partial charge in [-0.25, -0.2) is 14.8 Å². The highest BCUT2D eigenvalue weighted by molar-refractivity contribution is 6.06. The Morgan fingerprint density at radius 1 is 1.03 bits per heavy atom. The Kier molecular flexibility index (Phi) is 6.13. The van der Waals surface area contributed by atoms with Crippen molar-refractivity contribution in [1.29, 1.82) is 0 Å². The van der Waals surface area contributed by atoms with E-state index in [1.165, 1.54) is 6.33 Å². The summed E-state index contributed by atoms with van der Waals surface area (Å²) in [4.78, 5) is 44.8. The molecule has 37 heavy (non-hydrogen) atoms. The highest BCUT2D eigenvalue weighted by atomic mass is 16.4. The molecule has 0 spiro atoms. The first-order valence-electron chi connectivity index (χ1n) is 12.5. The maximum Gasteiger partial charge on any atom is 0.335 e. The third-order valence-corrected chi connectivity index (χ3v) is 8.48. The zero-order chi connectivity index (χ0) is 26.4. The van der Waals surface area contributed by atoms with Crippen LogP contribution in [0.3, 0.4) is 0 Å². The predicted molar refractivity (Wildman–Crippen MR) is 136 cm³/mol. The van der Waals surface area contributed by atoms with Gasteiger partial charge in [-0.15, -0.1) is 0 Å². The van der Waals surface area contributed by atoms with Crippen molar-refractivity contribution in [2.75, 3.05) is 11.9 Å². The number of hydrogen-bond donors (Lipinski definition) is 4. The smallest absolute Gasteiger partial charge is 0.335 e. The Morgan fingerprint density at radius 3 is 2.27 bits per heavy atom. The molecular weight excluding hydrogens is 474 g/mol. The number of aliphatic carboxylic acids is 1. The highest BCUT2D eigenvalue weighted by Gasteiger charge is 2.52. The van der Waals surface area contributed by atoms with Crippen LogP contribution in [0.5, 0.6) is 0 Å². The molecule has 4 N–H and O–H groups in total. The third-order valence-electron chi connectivity index (χ3n) is 8.48. The second-order valence-electron chi connectivity index (χ2n) is 10.6. The zero-order valence-electron chi connectivity index (χ0n) is 21.0. The van der Waals surface area contributed by atoms with Gasteiger partial charge in [0.05, 0.1) is 16.7 Å². The summed E-state index contributed by atoms with van der Waals surface area (Å²) in [5.74, 6) is -1.93. The van der Waals surface area contributed by atoms with Crippen molar-refractivity contribution in [3.05, 3.63) is 53.6 Å². The van der Waals surface area contributed by atoms with E-state index in [9.17, 15) is 19.5 Å². The Labute approximate surface area is 214 Å². The molecule has 2 bridgehead atoms. The van der Waals surface area contributed by atoms with Crippen molar-refractivity contribution in [2.24, 2.45) is 17.9 Å². The quantitative estimate of drug-likeness (QED) is 0.359. The zero-order valence-corrected chi connectivity index (χ0v) is 21.0. The minimum Gasteiger partial charge on any atom is -0.481 e. The van der Waals surface area contributed by atoms with Crippen molar-refractivity contribution in [2.45, 2.75) is 51.5 Å². The molecule has 3 fully saturated rings. The molecule has 10 nitrogen and oxygen atoms in total. The number of carboxylic acids is 2. The minimum absolute atomic E-state index is 0.0500. The molecule has 3 aliphatic carbocycles. The van der Waals surface area contributed by atoms with Crippen LogP contribution in [-0.4, -0.2) is 49.1 Å². The van der Waals surface area contributed by atoms with Crippen LogP contribution in [-0.2, 0) is 11.8 Å². The fourth-order valence-electron chi connectivity index (χ4n) is 5.93. The summed E-state index contributed by atoms with van der Waals surface area (Å²) in [6, 6.07) is 6.56. The number of rotatable bonds is 8. The number of nitrogens with zero attached hydrogens (tertiary/aromatic N) is 3. The van der Waals surface area contributed by atoms with Crippen LogP contribution >= 0.6 is 0 Å². The highest BCUT2D eigenvalue weighted by Crippen LogP contribution is 2.56. The van der Waals surface area contributed by atoms with Gasteiger partial charge in [0.1, 0.15) is 17.4 Å². The first-order chi connectivity index (χ1) is 17.6. The number of aromatic carboxylic acids is 1. The molecule has 194 valence electrons. The number of carboxylic acid groups (broad SMARTS) is 2. The standard InChI is InChI=1S/C27H31N5O5/c1-16(17-3-5-18(6-4-17)24(34)35)31-19-13-32(2)22-20(19)29-15-30-21(22)23(33)28-14-26-7-10-27(11-8-26,12-9-26)25(36)37/h3-6,13,15-16,31H,7-12,14H2,1-2H3,(H,28,33)(H,34,35)(H,36,37). The SMILES string of the molecule is CC(Nc1cn(C)c2c(C(=O)NCC34CCC(C(=O)O)(CC3)CC4)ncnc12)c1ccc(C(=O)O)cc1. The van der Waals surface area contributed by atoms with Crippen molar-refractivity contribution in [1.82, 2.24) is 19.9 Å². The Hall–Kier alpha value is -3.95. The normalized spacial score (nSPS) is 23.5. The van der Waals surface area contributed by atoms with E-state index in [1.807, 2.05) is 24.7 Å². The molecule has 1 aromatic carbocycles. The first-order valence-corrected chi connectivity index (χ1v) is 12.5. The van der Waals surface area contributed by atoms with Crippen molar-refractivity contribution < 1.29 is 24.6 Å². The lowest BCUT2D eigenvalue weighted by Crippen LogP contribution is -2.50. The lowest BCUT2D eigenvalue weighted by atomic mass is 9.53. The van der Waals surface area contributed by atoms with E-state index in [0.717, 1.165) is 30.5 Å². The Bertz CT molecular complexity index is 1360. The molecule has 10 heteroatoms. The van der Waals surface area contributed by atoms with Gasteiger partial charge in [0.15, 0.2) is 5.69 Å². The van der Waals surface area contributed by atoms with Gasteiger partial charge >= 0.3 is 11.9 Å². The summed E-state index contributed by atoms with van der Waals surface area (Å²) in [7, 11) is 1.84. The van der Waals surface area contributed by atoms with Gasteiger partial charge < -0.3 is 25.4 Å². The monoisotopic (exact) mass is 505 g/mol. The summed E-state index contributed by atoms with van der Waals surface area (Å²) in [5.41, 5.74) is 2.79. The van der Waals surface area contributed by atoms with Gasteiger partial charge in [0.2, 0.25) is 0 Å². The summed E-state index contributed by atoms with van der Waals surface area (Å²) in [6.07, 6.45) is 7.67. The fraction of sp³-hybridized carbons (Fsp3) is 0.444. The summed E-state index contributed by atoms with van der Waals surface area (Å²) in [6.45, 7) is 2.47. The van der Waals surface area contributed by atoms with E-state index < -0.39 is 17.4 Å². The summed E-state index contributed by atoms with van der Waals surface area (Å²) < 4.78 is 1.83. The van der Waals surface area contributed by atoms with E-state index >= 15 is 0 Å². The molecule has 2 aromatic heterocycles. The number of benzene rings is 1. The molecule has 1 amide bonds. The Balaban J connectivity index is 1.31. The number of hydrogen-bond acceptors (Lipinski definition) is 6. The van der Waals surface area contributed by atoms with Gasteiger partial charge in [-0.1, -0.05) is 12.1 Å². The van der Waals surface area contributed by atoms with Crippen LogP contribution in [0.15, 0.2) is 36.8 Å². The second-order valence-corrected chi connectivity index (χ2v) is 10.6. The van der Waals surface area contributed by atoms with Crippen LogP contribution in [0.1, 0.15) is 77.9 Å². The largest absolute Gasteiger partial charge is 0.481 e. The van der Waals surface area contributed by atoms with E-state index in [1.54, 1.807) is 24.3 Å². The van der Waals surface area contributed by atoms with Crippen molar-refractivity contribution >= 4 is 34.6 Å². The topological polar surface area (TPSA) is 146 Å². The van der Waals surface area contributed by atoms with Gasteiger partial charge in [-0.3, -0.25) is 9.59 Å². The van der Waals surface area contributed by atoms with Crippen molar-refractivity contribution in [3.63, 3.8) is 0 Å². The number of anilines is 1. The molecular formula is C27H31N5O5. The van der Waals surface area contributed by atoms with Crippen molar-refractivity contribution in [3.8, 4) is 0 Å². The molecule has 3 aromatic rings. The van der Waals surface area contributed by atoms with Gasteiger partial charge in [-0.2, -0.15) is 0 Å². The lowest BCUT2D eigenvalue weighted by Gasteiger charge is -2.51. The number of aromatic nitrogens is 3. The lowest BCUT2D eigenvalue weighted by molar-refractivity contribution is -0.158. The average Bonchev–Trinajstić information content (AvgIpc) is 3.23. The van der Waals surface area contributed by atoms with E-state index in [-0.39, 0.29) is 22.9 Å². The molecule has 1 unspecified atom stereocenters. The molecule has 1 atom stereocenters. The molecule has 3 saturated carbocycles. The number of nitrogens with one attached hydrogen (secondary N) is 2. The number of aryl methyl sites for hydroxylation is 1. The van der Waals surface area contributed by atoms with E-state index in [0.29, 0.717) is 42.5 Å². The first kappa shape index (κ1) is 24.7. The Morgan fingerprint density at radius 2 is 1.68 bits per heavy atom. The molecule has 2 heterocycles. The molecule has 0 aliphatic heterocycles. The van der Waals surface area contributed by atoms with Gasteiger partial charge in [0, 0.05) is 25.8 Å². The minimum atomic E-state index is -0.969. The third kappa shape index (κ3) is 4.41. The maximum absolute atomic E-state index is 13.3. The second kappa shape index (κ2) is 9.17. The maximum atomic E-state index is 13.3. The predicted octanol–water partition coefficient (Wildman–Crippen LogP) is 3.99. The molecule has 0 saturated heterocycles. The van der Waals surface area contributed by atoms with Gasteiger partial charge in [0.25, 0.3) is 5.91 Å².